The molecule has 7 aromatic rings. The first kappa shape index (κ1) is 75.5. The van der Waals surface area contributed by atoms with Crippen molar-refractivity contribution in [1.29, 1.82) is 21.0 Å². The number of nitriles is 4. The number of amides is 7. The lowest BCUT2D eigenvalue weighted by atomic mass is 10.0. The van der Waals surface area contributed by atoms with Crippen LogP contribution >= 0.6 is 0 Å². The van der Waals surface area contributed by atoms with Gasteiger partial charge in [0, 0.05) is 157 Å². The number of hydrogen-bond donors (Lipinski definition) is 7. The number of carbonyl (C=O) groups excluding carboxylic acids is 5. The summed E-state index contributed by atoms with van der Waals surface area (Å²) in [5.41, 5.74) is 15.1. The number of carbonyl (C=O) groups is 5. The number of primary amides is 1. The maximum absolute atomic E-state index is 14.2. The molecule has 8 aliphatic heterocycles. The van der Waals surface area contributed by atoms with E-state index in [2.05, 4.69) is 111 Å². The van der Waals surface area contributed by atoms with Gasteiger partial charge in [-0.15, -0.1) is 0 Å². The molecule has 33 heteroatoms. The summed E-state index contributed by atoms with van der Waals surface area (Å²) in [6.07, 6.45) is 19.1. The number of halogens is 3. The monoisotopic (exact) mass is 1470 g/mol. The number of aromatic nitrogens is 5. The largest absolute Gasteiger partial charge is 0.372 e. The second-order valence-corrected chi connectivity index (χ2v) is 27.9. The molecular weight excluding hydrogens is 1390 g/mol. The van der Waals surface area contributed by atoms with E-state index < -0.39 is 35.3 Å². The third-order valence-electron chi connectivity index (χ3n) is 20.2. The van der Waals surface area contributed by atoms with Gasteiger partial charge in [0.15, 0.2) is 36.4 Å². The fourth-order valence-electron chi connectivity index (χ4n) is 14.8. The minimum absolute atomic E-state index is 0.00949. The van der Waals surface area contributed by atoms with E-state index >= 15 is 0 Å². The average molecular weight is 1480 g/mol. The molecule has 15 rings (SSSR count). The number of hydrogen-bond acceptors (Lipinski definition) is 22. The molecule has 6 saturated heterocycles. The number of fused-ring (bicyclic) bond motifs is 4. The normalized spacial score (nSPS) is 21.3. The number of nitrogens with zero attached hydrogens (tertiary/aromatic N) is 17. The number of hydrazine groups is 1. The lowest BCUT2D eigenvalue weighted by molar-refractivity contribution is -0.00547. The van der Waals surface area contributed by atoms with Crippen LogP contribution in [0.2, 0.25) is 0 Å². The molecule has 30 nitrogen and oxygen atoms in total. The lowest BCUT2D eigenvalue weighted by Gasteiger charge is -2.36. The number of likely N-dealkylation sites (tertiary alicyclic amines) is 4. The van der Waals surface area contributed by atoms with E-state index in [1.807, 2.05) is 46.9 Å². The van der Waals surface area contributed by atoms with E-state index in [0.29, 0.717) is 136 Å². The molecule has 0 spiro atoms. The van der Waals surface area contributed by atoms with Crippen LogP contribution in [0.3, 0.4) is 0 Å². The second-order valence-electron chi connectivity index (χ2n) is 27.9. The summed E-state index contributed by atoms with van der Waals surface area (Å²) in [7, 11) is 0. The Labute approximate surface area is 622 Å². The molecule has 1 unspecified atom stereocenters. The minimum atomic E-state index is -0.647. The number of morpholine rings is 1. The molecule has 6 fully saturated rings. The Hall–Kier alpha value is -12.2. The zero-order chi connectivity index (χ0) is 76.0. The van der Waals surface area contributed by atoms with Crippen LogP contribution in [0.25, 0.3) is 10.9 Å². The van der Waals surface area contributed by atoms with Gasteiger partial charge in [-0.05, 0) is 118 Å². The number of anilines is 4. The van der Waals surface area contributed by atoms with Crippen molar-refractivity contribution in [3.63, 3.8) is 0 Å². The van der Waals surface area contributed by atoms with Gasteiger partial charge in [0.25, 0.3) is 17.7 Å². The molecule has 108 heavy (non-hydrogen) atoms. The van der Waals surface area contributed by atoms with Gasteiger partial charge in [-0.25, -0.2) is 48.1 Å². The van der Waals surface area contributed by atoms with E-state index in [-0.39, 0.29) is 82.7 Å². The fourth-order valence-corrected chi connectivity index (χ4v) is 14.8. The number of pyridine rings is 2. The summed E-state index contributed by atoms with van der Waals surface area (Å²) >= 11 is 0. The molecule has 4 aromatic heterocycles. The second kappa shape index (κ2) is 34.8. The van der Waals surface area contributed by atoms with Crippen molar-refractivity contribution in [2.45, 2.75) is 121 Å². The van der Waals surface area contributed by atoms with Crippen molar-refractivity contribution >= 4 is 64.0 Å². The van der Waals surface area contributed by atoms with Crippen LogP contribution in [-0.2, 0) is 30.8 Å². The van der Waals surface area contributed by atoms with Crippen molar-refractivity contribution in [2.75, 3.05) is 100 Å². The highest BCUT2D eigenvalue weighted by Gasteiger charge is 2.35. The molecule has 7 atom stereocenters. The zero-order valence-electron chi connectivity index (χ0n) is 60.0. The van der Waals surface area contributed by atoms with Crippen molar-refractivity contribution in [3.8, 4) is 24.8 Å². The Bertz CT molecular complexity index is 4570. The van der Waals surface area contributed by atoms with Crippen LogP contribution in [0.1, 0.15) is 112 Å². The molecule has 7 amide bonds. The van der Waals surface area contributed by atoms with E-state index in [0.717, 1.165) is 44.1 Å². The van der Waals surface area contributed by atoms with Gasteiger partial charge in [-0.2, -0.15) is 21.0 Å². The molecule has 0 radical (unpaired) electrons. The molecule has 8 aliphatic rings. The summed E-state index contributed by atoms with van der Waals surface area (Å²) in [6.45, 7) is 13.5. The van der Waals surface area contributed by atoms with Crippen LogP contribution in [0, 0.1) is 63.3 Å². The number of nitrogens with two attached hydrogens (primary N) is 1. The first-order chi connectivity index (χ1) is 52.3. The van der Waals surface area contributed by atoms with Gasteiger partial charge in [0.1, 0.15) is 17.5 Å². The fraction of sp³-hybridized carbons (Fsp3) is 0.427. The highest BCUT2D eigenvalue weighted by molar-refractivity contribution is 5.96. The van der Waals surface area contributed by atoms with Gasteiger partial charge in [0.05, 0.1) is 54.0 Å². The Morgan fingerprint density at radius 3 is 1.61 bits per heavy atom. The Morgan fingerprint density at radius 1 is 0.565 bits per heavy atom. The summed E-state index contributed by atoms with van der Waals surface area (Å²) in [5, 5.41) is 52.7. The molecule has 0 aliphatic carbocycles. The summed E-state index contributed by atoms with van der Waals surface area (Å²) < 4.78 is 50.6. The number of benzene rings is 3. The molecule has 562 valence electrons. The quantitative estimate of drug-likeness (QED) is 0.0662. The maximum Gasteiger partial charge on any atom is 0.329 e. The summed E-state index contributed by atoms with van der Waals surface area (Å²) in [4.78, 5) is 90.4. The molecule has 12 heterocycles. The van der Waals surface area contributed by atoms with E-state index in [1.54, 1.807) is 38.1 Å². The predicted molar refractivity (Wildman–Crippen MR) is 391 cm³/mol. The van der Waals surface area contributed by atoms with Crippen molar-refractivity contribution in [2.24, 2.45) is 5.73 Å². The van der Waals surface area contributed by atoms with E-state index in [4.69, 9.17) is 31.5 Å². The number of para-hydroxylation sites is 1. The minimum Gasteiger partial charge on any atom is -0.372 e. The third-order valence-corrected chi connectivity index (χ3v) is 20.2. The Balaban J connectivity index is 0.000000136. The molecular formula is C75H85F3N24O6. The molecule has 8 N–H and O–H groups in total. The number of rotatable bonds is 12. The van der Waals surface area contributed by atoms with Gasteiger partial charge in [-0.1, -0.05) is 42.5 Å². The standard InChI is InChI=1S/C23H30N8O2.C19H18FN5O.C17H22FN5O2.C16H15FN6O/c24-15-28-10-7-16(13-28)27-23(33)29-11-8-19-18-5-1-2-6-20(18)31(21(19)14-29)17-4-3-9-30(22(25)32)26-12-17;20-17-8-22-18(25-9-13-3-1-2-4-14(13)10-25)7-16(17)19(26)23-15-5-6-24(11-15)12-21;1-11-7-23(8-12(2)25-11)16-5-14(15(18)6-20-16)17(24)21-13-3-4-22(9-13)10-19;17-13-8-11(15(24)21-12-4-7-23(9-12)10-18)2-3-14(13)22-16-19-5-1-6-20-16/h1-2,5-6,16-17,26H,3-4,7-14H2,(H2,25,32)(H,27,33);1-4,7-8,15H,5-6,9-11H2,(H,23,26);5-6,11-13H,3-4,7-9H2,1-2H3,(H,21,24);1-3,5-6,8,12H,4,7,9H2,(H,21,24)(H,19,20,22)/t16-,17-;;11-,12+,13-;12-/m1.11/s1. The van der Waals surface area contributed by atoms with Gasteiger partial charge >= 0.3 is 12.1 Å². The highest BCUT2D eigenvalue weighted by Crippen LogP contribution is 2.36. The smallest absolute Gasteiger partial charge is 0.329 e. The van der Waals surface area contributed by atoms with Crippen molar-refractivity contribution < 1.29 is 41.9 Å². The predicted octanol–water partition coefficient (Wildman–Crippen LogP) is 6.27. The van der Waals surface area contributed by atoms with Crippen LogP contribution in [0.15, 0.2) is 110 Å². The Morgan fingerprint density at radius 2 is 1.08 bits per heavy atom. The number of nitrogens with one attached hydrogen (secondary N) is 6. The van der Waals surface area contributed by atoms with Crippen LogP contribution < -0.4 is 47.5 Å². The Kier molecular flexibility index (Phi) is 24.3. The van der Waals surface area contributed by atoms with E-state index in [9.17, 15) is 37.1 Å². The maximum atomic E-state index is 14.2. The van der Waals surface area contributed by atoms with Gasteiger partial charge in [-0.3, -0.25) is 19.4 Å². The SMILES string of the molecule is C[C@@H]1CN(c2cc(C(=O)N[C@@H]3CCN(C#N)C3)c(F)cn2)C[C@H](C)O1.N#CN1CCC(NC(=O)c2cc(N3Cc4ccccc4C3)ncc2F)C1.N#CN1CC[C@@H](NC(=O)N2CCc3c(n([C@@H]4CCCN(C(N)=O)NC4)c4ccccc34)C2)C1.N#CN1CC[C@@H](NC(=O)c2ccc(Nc3ncccn3)c(F)c2)C1. The molecule has 3 aromatic carbocycles. The van der Waals surface area contributed by atoms with Crippen LogP contribution in [0.5, 0.6) is 0 Å². The molecule has 0 saturated carbocycles. The van der Waals surface area contributed by atoms with Crippen molar-refractivity contribution in [3.05, 3.63) is 166 Å². The lowest BCUT2D eigenvalue weighted by Crippen LogP contribution is -2.48. The number of ether oxygens (including phenoxy) is 1. The van der Waals surface area contributed by atoms with Crippen LogP contribution in [0.4, 0.5) is 46.0 Å². The summed E-state index contributed by atoms with van der Waals surface area (Å²) in [5.74, 6) is -1.73. The average Bonchev–Trinajstić information content (AvgIpc) is 1.59. The topological polar surface area (TPSA) is 370 Å². The van der Waals surface area contributed by atoms with Gasteiger partial charge < -0.3 is 75.9 Å². The van der Waals surface area contributed by atoms with Crippen molar-refractivity contribution in [1.82, 2.24) is 80.7 Å². The highest BCUT2D eigenvalue weighted by atomic mass is 19.1. The van der Waals surface area contributed by atoms with Gasteiger partial charge in [0.2, 0.25) is 5.95 Å². The summed E-state index contributed by atoms with van der Waals surface area (Å²) in [6, 6.07) is 24.6. The molecule has 0 bridgehead atoms. The van der Waals surface area contributed by atoms with Crippen LogP contribution in [-0.4, -0.2) is 205 Å². The third kappa shape index (κ3) is 18.5. The first-order valence-corrected chi connectivity index (χ1v) is 36.1. The zero-order valence-corrected chi connectivity index (χ0v) is 60.0. The van der Waals surface area contributed by atoms with E-state index in [1.165, 1.54) is 62.6 Å². The first-order valence-electron chi connectivity index (χ1n) is 36.1. The number of urea groups is 2.